The van der Waals surface area contributed by atoms with Crippen molar-refractivity contribution in [2.24, 2.45) is 0 Å². The number of aromatic nitrogens is 2. The zero-order valence-corrected chi connectivity index (χ0v) is 17.5. The number of anilines is 1. The van der Waals surface area contributed by atoms with Gasteiger partial charge in [0.15, 0.2) is 5.01 Å². The van der Waals surface area contributed by atoms with Crippen molar-refractivity contribution < 1.29 is 19.1 Å². The van der Waals surface area contributed by atoms with Crippen molar-refractivity contribution in [3.05, 3.63) is 69.7 Å². The Morgan fingerprint density at radius 2 is 1.87 bits per heavy atom. The first-order valence-electron chi connectivity index (χ1n) is 9.25. The highest BCUT2D eigenvalue weighted by molar-refractivity contribution is 7.13. The summed E-state index contributed by atoms with van der Waals surface area (Å²) < 4.78 is 10.6. The van der Waals surface area contributed by atoms with E-state index in [0.717, 1.165) is 22.6 Å². The van der Waals surface area contributed by atoms with Crippen LogP contribution in [-0.4, -0.2) is 42.3 Å². The van der Waals surface area contributed by atoms with E-state index in [2.05, 4.69) is 20.8 Å². The fraction of sp³-hybridized carbons (Fsp3) is 0.238. The fourth-order valence-corrected chi connectivity index (χ4v) is 3.12. The number of carbonyl (C=O) groups is 2. The molecule has 0 atom stereocenters. The van der Waals surface area contributed by atoms with Gasteiger partial charge in [-0.2, -0.15) is 0 Å². The van der Waals surface area contributed by atoms with Gasteiger partial charge in [-0.15, -0.1) is 10.2 Å². The summed E-state index contributed by atoms with van der Waals surface area (Å²) in [7, 11) is 1.57. The molecule has 3 rings (SSSR count). The van der Waals surface area contributed by atoms with E-state index < -0.39 is 5.91 Å². The van der Waals surface area contributed by atoms with Crippen LogP contribution < -0.4 is 15.4 Å². The van der Waals surface area contributed by atoms with Crippen LogP contribution in [-0.2, 0) is 11.3 Å². The summed E-state index contributed by atoms with van der Waals surface area (Å²) in [6, 6.07) is 14.3. The number of rotatable bonds is 9. The summed E-state index contributed by atoms with van der Waals surface area (Å²) in [4.78, 5) is 24.6. The van der Waals surface area contributed by atoms with Crippen LogP contribution in [0.25, 0.3) is 0 Å². The Morgan fingerprint density at radius 3 is 2.63 bits per heavy atom. The third kappa shape index (κ3) is 6.10. The molecule has 9 heteroatoms. The molecule has 0 aliphatic heterocycles. The van der Waals surface area contributed by atoms with Crippen molar-refractivity contribution in [2.75, 3.05) is 25.6 Å². The molecule has 0 fully saturated rings. The molecule has 2 aromatic carbocycles. The Bertz CT molecular complexity index is 1000. The standard InChI is InChI=1S/C21H22N4O4S/c1-14-6-8-17(9-7-14)29-13-18-24-25-21(30-18)20(27)23-16-5-3-4-15(12-16)19(26)22-10-11-28-2/h3-9,12H,10-11,13H2,1-2H3,(H,22,26)(H,23,27). The molecule has 0 radical (unpaired) electrons. The van der Waals surface area contributed by atoms with Gasteiger partial charge >= 0.3 is 0 Å². The minimum Gasteiger partial charge on any atom is -0.486 e. The number of nitrogens with zero attached hydrogens (tertiary/aromatic N) is 2. The van der Waals surface area contributed by atoms with Crippen LogP contribution in [0.1, 0.15) is 30.7 Å². The summed E-state index contributed by atoms with van der Waals surface area (Å²) in [5, 5.41) is 14.2. The van der Waals surface area contributed by atoms with Crippen LogP contribution in [0.2, 0.25) is 0 Å². The van der Waals surface area contributed by atoms with E-state index in [4.69, 9.17) is 9.47 Å². The molecule has 2 amide bonds. The molecule has 0 unspecified atom stereocenters. The second kappa shape index (κ2) is 10.5. The summed E-state index contributed by atoms with van der Waals surface area (Å²) in [5.74, 6) is 0.0861. The molecule has 2 N–H and O–H groups in total. The number of nitrogens with one attached hydrogen (secondary N) is 2. The number of aryl methyl sites for hydroxylation is 1. The molecular weight excluding hydrogens is 404 g/mol. The molecule has 0 saturated carbocycles. The summed E-state index contributed by atoms with van der Waals surface area (Å²) in [6.07, 6.45) is 0. The van der Waals surface area contributed by atoms with Crippen LogP contribution in [0.5, 0.6) is 5.75 Å². The molecule has 0 aliphatic rings. The van der Waals surface area contributed by atoms with Gasteiger partial charge in [-0.3, -0.25) is 9.59 Å². The molecule has 0 spiro atoms. The molecule has 3 aromatic rings. The Labute approximate surface area is 178 Å². The number of amides is 2. The lowest BCUT2D eigenvalue weighted by Crippen LogP contribution is -2.27. The van der Waals surface area contributed by atoms with Crippen LogP contribution in [0.3, 0.4) is 0 Å². The number of carbonyl (C=O) groups excluding carboxylic acids is 2. The first kappa shape index (κ1) is 21.4. The minimum atomic E-state index is -0.397. The zero-order valence-electron chi connectivity index (χ0n) is 16.7. The molecule has 30 heavy (non-hydrogen) atoms. The smallest absolute Gasteiger partial charge is 0.286 e. The first-order valence-corrected chi connectivity index (χ1v) is 10.1. The zero-order chi connectivity index (χ0) is 21.3. The third-order valence-corrected chi connectivity index (χ3v) is 4.91. The highest BCUT2D eigenvalue weighted by Gasteiger charge is 2.14. The lowest BCUT2D eigenvalue weighted by molar-refractivity contribution is 0.0936. The second-order valence-corrected chi connectivity index (χ2v) is 7.45. The Balaban J connectivity index is 1.56. The molecule has 0 aliphatic carbocycles. The van der Waals surface area contributed by atoms with E-state index in [-0.39, 0.29) is 17.5 Å². The Kier molecular flexibility index (Phi) is 7.47. The van der Waals surface area contributed by atoms with E-state index in [1.54, 1.807) is 31.4 Å². The first-order chi connectivity index (χ1) is 14.5. The van der Waals surface area contributed by atoms with Crippen molar-refractivity contribution in [3.8, 4) is 5.75 Å². The maximum absolute atomic E-state index is 12.5. The molecule has 1 heterocycles. The number of benzene rings is 2. The molecule has 1 aromatic heterocycles. The summed E-state index contributed by atoms with van der Waals surface area (Å²) in [6.45, 7) is 3.06. The summed E-state index contributed by atoms with van der Waals surface area (Å²) in [5.41, 5.74) is 2.08. The molecule has 0 bridgehead atoms. The van der Waals surface area contributed by atoms with Gasteiger partial charge in [-0.25, -0.2) is 0 Å². The second-order valence-electron chi connectivity index (χ2n) is 6.39. The number of hydrogen-bond donors (Lipinski definition) is 2. The highest BCUT2D eigenvalue weighted by atomic mass is 32.1. The minimum absolute atomic E-state index is 0.215. The topological polar surface area (TPSA) is 102 Å². The van der Waals surface area contributed by atoms with E-state index in [1.165, 1.54) is 0 Å². The van der Waals surface area contributed by atoms with Crippen molar-refractivity contribution >= 4 is 28.8 Å². The fourth-order valence-electron chi connectivity index (χ4n) is 2.47. The molecular formula is C21H22N4O4S. The van der Waals surface area contributed by atoms with Gasteiger partial charge in [0.1, 0.15) is 12.4 Å². The predicted molar refractivity (Wildman–Crippen MR) is 114 cm³/mol. The predicted octanol–water partition coefficient (Wildman–Crippen LogP) is 3.05. The SMILES string of the molecule is COCCNC(=O)c1cccc(NC(=O)c2nnc(COc3ccc(C)cc3)s2)c1. The monoisotopic (exact) mass is 426 g/mol. The number of ether oxygens (including phenoxy) is 2. The van der Waals surface area contributed by atoms with Crippen LogP contribution >= 0.6 is 11.3 Å². The van der Waals surface area contributed by atoms with Crippen LogP contribution in [0.15, 0.2) is 48.5 Å². The van der Waals surface area contributed by atoms with Gasteiger partial charge in [-0.05, 0) is 37.3 Å². The van der Waals surface area contributed by atoms with Gasteiger partial charge in [0.05, 0.1) is 6.61 Å². The van der Waals surface area contributed by atoms with Crippen LogP contribution in [0.4, 0.5) is 5.69 Å². The quantitative estimate of drug-likeness (QED) is 0.510. The average Bonchev–Trinajstić information content (AvgIpc) is 3.23. The van der Waals surface area contributed by atoms with E-state index in [1.807, 2.05) is 31.2 Å². The number of hydrogen-bond acceptors (Lipinski definition) is 7. The largest absolute Gasteiger partial charge is 0.486 e. The van der Waals surface area contributed by atoms with Crippen molar-refractivity contribution in [3.63, 3.8) is 0 Å². The maximum Gasteiger partial charge on any atom is 0.286 e. The van der Waals surface area contributed by atoms with Gasteiger partial charge in [0.2, 0.25) is 5.01 Å². The van der Waals surface area contributed by atoms with Gasteiger partial charge < -0.3 is 20.1 Å². The van der Waals surface area contributed by atoms with Crippen molar-refractivity contribution in [1.82, 2.24) is 15.5 Å². The van der Waals surface area contributed by atoms with Gasteiger partial charge in [-0.1, -0.05) is 35.1 Å². The van der Waals surface area contributed by atoms with E-state index in [9.17, 15) is 9.59 Å². The van der Waals surface area contributed by atoms with Crippen molar-refractivity contribution in [2.45, 2.75) is 13.5 Å². The Hall–Kier alpha value is -3.30. The van der Waals surface area contributed by atoms with Crippen molar-refractivity contribution in [1.29, 1.82) is 0 Å². The van der Waals surface area contributed by atoms with Gasteiger partial charge in [0.25, 0.3) is 11.8 Å². The van der Waals surface area contributed by atoms with E-state index in [0.29, 0.717) is 29.4 Å². The normalized spacial score (nSPS) is 10.5. The maximum atomic E-state index is 12.5. The lowest BCUT2D eigenvalue weighted by Gasteiger charge is -2.07. The van der Waals surface area contributed by atoms with Crippen LogP contribution in [0, 0.1) is 6.92 Å². The summed E-state index contributed by atoms with van der Waals surface area (Å²) >= 11 is 1.15. The average molecular weight is 426 g/mol. The third-order valence-electron chi connectivity index (χ3n) is 4.02. The van der Waals surface area contributed by atoms with E-state index >= 15 is 0 Å². The molecule has 156 valence electrons. The molecule has 8 nitrogen and oxygen atoms in total. The highest BCUT2D eigenvalue weighted by Crippen LogP contribution is 2.18. The van der Waals surface area contributed by atoms with Gasteiger partial charge in [0, 0.05) is 24.9 Å². The molecule has 0 saturated heterocycles. The number of methoxy groups -OCH3 is 1. The lowest BCUT2D eigenvalue weighted by atomic mass is 10.2. The Morgan fingerprint density at radius 1 is 1.07 bits per heavy atom.